The zero-order valence-corrected chi connectivity index (χ0v) is 12.1. The molecule has 1 aliphatic heterocycles. The number of aromatic nitrogens is 1. The molecule has 1 N–H and O–H groups in total. The van der Waals surface area contributed by atoms with E-state index < -0.39 is 5.97 Å². The summed E-state index contributed by atoms with van der Waals surface area (Å²) in [6, 6.07) is 3.37. The third-order valence-corrected chi connectivity index (χ3v) is 3.77. The fourth-order valence-electron chi connectivity index (χ4n) is 2.62. The normalized spacial score (nSPS) is 18.3. The van der Waals surface area contributed by atoms with Crippen molar-refractivity contribution in [1.82, 2.24) is 9.88 Å². The van der Waals surface area contributed by atoms with Gasteiger partial charge in [0.05, 0.1) is 12.7 Å². The van der Waals surface area contributed by atoms with Gasteiger partial charge < -0.3 is 14.7 Å². The maximum atomic E-state index is 12.4. The summed E-state index contributed by atoms with van der Waals surface area (Å²) in [6.07, 6.45) is 4.20. The number of amides is 1. The van der Waals surface area contributed by atoms with Crippen molar-refractivity contribution in [3.8, 4) is 5.88 Å². The van der Waals surface area contributed by atoms with Crippen LogP contribution < -0.4 is 4.74 Å². The molecule has 2 heterocycles. The van der Waals surface area contributed by atoms with Crippen LogP contribution >= 0.6 is 0 Å². The van der Waals surface area contributed by atoms with Gasteiger partial charge in [-0.3, -0.25) is 9.59 Å². The zero-order valence-electron chi connectivity index (χ0n) is 12.1. The second-order valence-corrected chi connectivity index (χ2v) is 5.28. The summed E-state index contributed by atoms with van der Waals surface area (Å²) >= 11 is 0. The van der Waals surface area contributed by atoms with E-state index in [4.69, 9.17) is 9.84 Å². The van der Waals surface area contributed by atoms with Crippen LogP contribution in [0.4, 0.5) is 0 Å². The van der Waals surface area contributed by atoms with E-state index >= 15 is 0 Å². The summed E-state index contributed by atoms with van der Waals surface area (Å²) in [4.78, 5) is 28.9. The summed E-state index contributed by atoms with van der Waals surface area (Å²) in [6.45, 7) is 1.34. The smallest absolute Gasteiger partial charge is 0.303 e. The van der Waals surface area contributed by atoms with Crippen LogP contribution in [0.15, 0.2) is 18.3 Å². The van der Waals surface area contributed by atoms with E-state index in [1.807, 2.05) is 0 Å². The van der Waals surface area contributed by atoms with Crippen molar-refractivity contribution in [3.05, 3.63) is 23.9 Å². The van der Waals surface area contributed by atoms with Gasteiger partial charge in [0.2, 0.25) is 5.88 Å². The minimum atomic E-state index is -0.780. The Bertz CT molecular complexity index is 501. The molecule has 1 unspecified atom stereocenters. The predicted octanol–water partition coefficient (Wildman–Crippen LogP) is 1.81. The summed E-state index contributed by atoms with van der Waals surface area (Å²) in [7, 11) is 1.53. The van der Waals surface area contributed by atoms with Crippen molar-refractivity contribution in [2.24, 2.45) is 5.92 Å². The van der Waals surface area contributed by atoms with Gasteiger partial charge in [0, 0.05) is 31.8 Å². The van der Waals surface area contributed by atoms with E-state index in [1.54, 1.807) is 17.0 Å². The number of carboxylic acids is 1. The predicted molar refractivity (Wildman–Crippen MR) is 76.3 cm³/mol. The standard InChI is InChI=1S/C15H20N2O4/c1-21-13-6-5-12(9-16-13)15(20)17-8-2-3-11(10-17)4-7-14(18)19/h5-6,9,11H,2-4,7-8,10H2,1H3,(H,18,19). The van der Waals surface area contributed by atoms with Crippen molar-refractivity contribution in [2.75, 3.05) is 20.2 Å². The lowest BCUT2D eigenvalue weighted by atomic mass is 9.93. The molecular weight excluding hydrogens is 272 g/mol. The number of carbonyl (C=O) groups is 2. The molecule has 0 spiro atoms. The lowest BCUT2D eigenvalue weighted by molar-refractivity contribution is -0.137. The number of rotatable bonds is 5. The molecular formula is C15H20N2O4. The van der Waals surface area contributed by atoms with Crippen LogP contribution in [0.5, 0.6) is 5.88 Å². The number of carbonyl (C=O) groups excluding carboxylic acids is 1. The van der Waals surface area contributed by atoms with Gasteiger partial charge in [-0.2, -0.15) is 0 Å². The second-order valence-electron chi connectivity index (χ2n) is 5.28. The fraction of sp³-hybridized carbons (Fsp3) is 0.533. The fourth-order valence-corrected chi connectivity index (χ4v) is 2.62. The lowest BCUT2D eigenvalue weighted by Gasteiger charge is -2.32. The second kappa shape index (κ2) is 7.06. The minimum Gasteiger partial charge on any atom is -0.481 e. The molecule has 1 atom stereocenters. The van der Waals surface area contributed by atoms with Crippen LogP contribution in [0.1, 0.15) is 36.0 Å². The number of hydrogen-bond donors (Lipinski definition) is 1. The molecule has 6 nitrogen and oxygen atoms in total. The molecule has 1 amide bonds. The van der Waals surface area contributed by atoms with E-state index in [-0.39, 0.29) is 18.2 Å². The molecule has 0 bridgehead atoms. The monoisotopic (exact) mass is 292 g/mol. The average molecular weight is 292 g/mol. The van der Waals surface area contributed by atoms with Crippen molar-refractivity contribution in [2.45, 2.75) is 25.7 Å². The third kappa shape index (κ3) is 4.18. The number of nitrogens with zero attached hydrogens (tertiary/aromatic N) is 2. The Labute approximate surface area is 123 Å². The van der Waals surface area contributed by atoms with Crippen molar-refractivity contribution in [1.29, 1.82) is 0 Å². The van der Waals surface area contributed by atoms with Crippen molar-refractivity contribution in [3.63, 3.8) is 0 Å². The van der Waals surface area contributed by atoms with Gasteiger partial charge in [0.1, 0.15) is 0 Å². The molecule has 1 aliphatic rings. The van der Waals surface area contributed by atoms with Crippen LogP contribution in [0.2, 0.25) is 0 Å². The Hall–Kier alpha value is -2.11. The molecule has 1 saturated heterocycles. The quantitative estimate of drug-likeness (QED) is 0.895. The summed E-state index contributed by atoms with van der Waals surface area (Å²) in [5.41, 5.74) is 0.537. The van der Waals surface area contributed by atoms with Crippen LogP contribution in [-0.4, -0.2) is 47.1 Å². The third-order valence-electron chi connectivity index (χ3n) is 3.77. The molecule has 0 aromatic carbocycles. The topological polar surface area (TPSA) is 79.7 Å². The largest absolute Gasteiger partial charge is 0.481 e. The van der Waals surface area contributed by atoms with Crippen molar-refractivity contribution >= 4 is 11.9 Å². The van der Waals surface area contributed by atoms with Gasteiger partial charge >= 0.3 is 5.97 Å². The first kappa shape index (κ1) is 15.3. The molecule has 2 rings (SSSR count). The number of hydrogen-bond acceptors (Lipinski definition) is 4. The number of likely N-dealkylation sites (tertiary alicyclic amines) is 1. The number of carboxylic acid groups (broad SMARTS) is 1. The van der Waals surface area contributed by atoms with E-state index in [0.717, 1.165) is 12.8 Å². The maximum Gasteiger partial charge on any atom is 0.303 e. The SMILES string of the molecule is COc1ccc(C(=O)N2CCCC(CCC(=O)O)C2)cn1. The van der Waals surface area contributed by atoms with Crippen LogP contribution in [0.25, 0.3) is 0 Å². The van der Waals surface area contributed by atoms with Gasteiger partial charge in [-0.1, -0.05) is 0 Å². The molecule has 0 saturated carbocycles. The first-order valence-corrected chi connectivity index (χ1v) is 7.11. The number of ether oxygens (including phenoxy) is 1. The lowest BCUT2D eigenvalue weighted by Crippen LogP contribution is -2.40. The van der Waals surface area contributed by atoms with Gasteiger partial charge in [0.25, 0.3) is 5.91 Å². The highest BCUT2D eigenvalue weighted by atomic mass is 16.5. The molecule has 114 valence electrons. The summed E-state index contributed by atoms with van der Waals surface area (Å²) in [5, 5.41) is 8.75. The van der Waals surface area contributed by atoms with Gasteiger partial charge in [0.15, 0.2) is 0 Å². The first-order valence-electron chi connectivity index (χ1n) is 7.11. The number of aliphatic carboxylic acids is 1. The molecule has 0 aliphatic carbocycles. The first-order chi connectivity index (χ1) is 10.1. The average Bonchev–Trinajstić information content (AvgIpc) is 2.52. The molecule has 1 aromatic heterocycles. The van der Waals surface area contributed by atoms with E-state index in [1.165, 1.54) is 13.3 Å². The molecule has 0 radical (unpaired) electrons. The number of piperidine rings is 1. The Morgan fingerprint density at radius 2 is 2.29 bits per heavy atom. The Kier molecular flexibility index (Phi) is 5.14. The van der Waals surface area contributed by atoms with Crippen LogP contribution in [0, 0.1) is 5.92 Å². The van der Waals surface area contributed by atoms with E-state index in [0.29, 0.717) is 31.0 Å². The minimum absolute atomic E-state index is 0.0508. The Balaban J connectivity index is 1.96. The number of pyridine rings is 1. The van der Waals surface area contributed by atoms with Crippen LogP contribution in [-0.2, 0) is 4.79 Å². The van der Waals surface area contributed by atoms with Crippen LogP contribution in [0.3, 0.4) is 0 Å². The van der Waals surface area contributed by atoms with E-state index in [2.05, 4.69) is 4.98 Å². The van der Waals surface area contributed by atoms with E-state index in [9.17, 15) is 9.59 Å². The molecule has 1 fully saturated rings. The zero-order chi connectivity index (χ0) is 15.2. The highest BCUT2D eigenvalue weighted by Crippen LogP contribution is 2.22. The maximum absolute atomic E-state index is 12.4. The highest BCUT2D eigenvalue weighted by molar-refractivity contribution is 5.94. The Morgan fingerprint density at radius 3 is 2.90 bits per heavy atom. The molecule has 21 heavy (non-hydrogen) atoms. The molecule has 1 aromatic rings. The van der Waals surface area contributed by atoms with Gasteiger partial charge in [-0.25, -0.2) is 4.98 Å². The van der Waals surface area contributed by atoms with Crippen molar-refractivity contribution < 1.29 is 19.4 Å². The van der Waals surface area contributed by atoms with Gasteiger partial charge in [-0.05, 0) is 31.2 Å². The summed E-state index contributed by atoms with van der Waals surface area (Å²) < 4.78 is 4.97. The highest BCUT2D eigenvalue weighted by Gasteiger charge is 2.25. The summed E-state index contributed by atoms with van der Waals surface area (Å²) in [5.74, 6) is -0.0856. The van der Waals surface area contributed by atoms with Gasteiger partial charge in [-0.15, -0.1) is 0 Å². The molecule has 6 heteroatoms. The number of methoxy groups -OCH3 is 1. The Morgan fingerprint density at radius 1 is 1.48 bits per heavy atom.